The molecule has 0 aromatic heterocycles. The van der Waals surface area contributed by atoms with Crippen LogP contribution in [0.2, 0.25) is 10.0 Å². The van der Waals surface area contributed by atoms with Crippen molar-refractivity contribution in [2.24, 2.45) is 11.8 Å². The van der Waals surface area contributed by atoms with E-state index in [0.717, 1.165) is 54.6 Å². The average Bonchev–Trinajstić information content (AvgIpc) is 2.84. The second kappa shape index (κ2) is 12.6. The maximum Gasteiger partial charge on any atom is 0.0406 e. The van der Waals surface area contributed by atoms with E-state index in [0.29, 0.717) is 0 Å². The van der Waals surface area contributed by atoms with Gasteiger partial charge in [-0.15, -0.1) is 0 Å². The SMILES string of the molecule is Clc1ccc(CN(Cc2ccc(Cl)cc2)CC2CCC(CNCc3ccccc3)CC2)cc1. The van der Waals surface area contributed by atoms with E-state index in [9.17, 15) is 0 Å². The summed E-state index contributed by atoms with van der Waals surface area (Å²) in [6, 6.07) is 27.2. The molecule has 0 saturated heterocycles. The fraction of sp³-hybridized carbons (Fsp3) is 0.379. The molecule has 3 aromatic carbocycles. The van der Waals surface area contributed by atoms with Crippen molar-refractivity contribution in [2.45, 2.75) is 45.3 Å². The van der Waals surface area contributed by atoms with Crippen molar-refractivity contribution in [1.82, 2.24) is 10.2 Å². The average molecular weight is 482 g/mol. The predicted octanol–water partition coefficient (Wildman–Crippen LogP) is 7.59. The zero-order chi connectivity index (χ0) is 22.9. The standard InChI is InChI=1S/C29H34Cl2N2/c30-28-14-10-26(11-15-28)21-33(22-27-12-16-29(31)17-13-27)20-25-8-6-24(7-9-25)19-32-18-23-4-2-1-3-5-23/h1-5,10-17,24-25,32H,6-9,18-22H2. The minimum atomic E-state index is 0.759. The molecule has 0 unspecified atom stereocenters. The van der Waals surface area contributed by atoms with Gasteiger partial charge in [-0.05, 0) is 85.0 Å². The van der Waals surface area contributed by atoms with Gasteiger partial charge in [-0.3, -0.25) is 4.90 Å². The number of nitrogens with one attached hydrogen (secondary N) is 1. The number of halogens is 2. The van der Waals surface area contributed by atoms with Crippen molar-refractivity contribution in [3.05, 3.63) is 106 Å². The summed E-state index contributed by atoms with van der Waals surface area (Å²) in [6.07, 6.45) is 5.27. The second-order valence-electron chi connectivity index (χ2n) is 9.43. The summed E-state index contributed by atoms with van der Waals surface area (Å²) >= 11 is 12.2. The van der Waals surface area contributed by atoms with Crippen LogP contribution in [0.4, 0.5) is 0 Å². The third kappa shape index (κ3) is 8.15. The molecule has 174 valence electrons. The van der Waals surface area contributed by atoms with Crippen LogP contribution in [-0.4, -0.2) is 18.0 Å². The maximum atomic E-state index is 6.10. The van der Waals surface area contributed by atoms with Crippen LogP contribution in [0.1, 0.15) is 42.4 Å². The molecule has 33 heavy (non-hydrogen) atoms. The lowest BCUT2D eigenvalue weighted by atomic mass is 9.81. The summed E-state index contributed by atoms with van der Waals surface area (Å²) in [7, 11) is 0. The number of hydrogen-bond acceptors (Lipinski definition) is 2. The zero-order valence-corrected chi connectivity index (χ0v) is 20.7. The Kier molecular flexibility index (Phi) is 9.26. The Labute approximate surface area is 208 Å². The quantitative estimate of drug-likeness (QED) is 0.321. The fourth-order valence-electron chi connectivity index (χ4n) is 4.88. The van der Waals surface area contributed by atoms with Crippen molar-refractivity contribution >= 4 is 23.2 Å². The lowest BCUT2D eigenvalue weighted by Gasteiger charge is -2.33. The lowest BCUT2D eigenvalue weighted by Crippen LogP contribution is -2.33. The van der Waals surface area contributed by atoms with Crippen LogP contribution < -0.4 is 5.32 Å². The van der Waals surface area contributed by atoms with Gasteiger partial charge in [-0.1, -0.05) is 77.8 Å². The van der Waals surface area contributed by atoms with Crippen molar-refractivity contribution in [3.63, 3.8) is 0 Å². The first-order valence-electron chi connectivity index (χ1n) is 12.1. The molecule has 0 amide bonds. The minimum absolute atomic E-state index is 0.759. The number of nitrogens with zero attached hydrogens (tertiary/aromatic N) is 1. The van der Waals surface area contributed by atoms with E-state index in [4.69, 9.17) is 23.2 Å². The van der Waals surface area contributed by atoms with Crippen LogP contribution in [0.15, 0.2) is 78.9 Å². The van der Waals surface area contributed by atoms with E-state index >= 15 is 0 Å². The molecule has 1 aliphatic rings. The van der Waals surface area contributed by atoms with E-state index in [1.54, 1.807) is 0 Å². The zero-order valence-electron chi connectivity index (χ0n) is 19.2. The summed E-state index contributed by atoms with van der Waals surface area (Å²) in [4.78, 5) is 2.59. The van der Waals surface area contributed by atoms with Gasteiger partial charge in [0.1, 0.15) is 0 Å². The van der Waals surface area contributed by atoms with Gasteiger partial charge in [0.25, 0.3) is 0 Å². The van der Waals surface area contributed by atoms with Gasteiger partial charge in [-0.2, -0.15) is 0 Å². The minimum Gasteiger partial charge on any atom is -0.312 e. The highest BCUT2D eigenvalue weighted by Gasteiger charge is 2.23. The topological polar surface area (TPSA) is 15.3 Å². The lowest BCUT2D eigenvalue weighted by molar-refractivity contribution is 0.167. The Morgan fingerprint density at radius 3 is 1.70 bits per heavy atom. The van der Waals surface area contributed by atoms with Crippen molar-refractivity contribution < 1.29 is 0 Å². The Balaban J connectivity index is 1.28. The first-order valence-corrected chi connectivity index (χ1v) is 12.9. The van der Waals surface area contributed by atoms with Gasteiger partial charge in [0.2, 0.25) is 0 Å². The van der Waals surface area contributed by atoms with E-state index in [2.05, 4.69) is 64.8 Å². The molecule has 0 spiro atoms. The molecule has 4 rings (SSSR count). The third-order valence-electron chi connectivity index (χ3n) is 6.73. The molecule has 0 aliphatic heterocycles. The van der Waals surface area contributed by atoms with Crippen LogP contribution >= 0.6 is 23.2 Å². The summed E-state index contributed by atoms with van der Waals surface area (Å²) < 4.78 is 0. The van der Waals surface area contributed by atoms with E-state index in [1.165, 1.54) is 42.4 Å². The van der Waals surface area contributed by atoms with Crippen LogP contribution in [0.25, 0.3) is 0 Å². The molecule has 1 saturated carbocycles. The third-order valence-corrected chi connectivity index (χ3v) is 7.23. The summed E-state index contributed by atoms with van der Waals surface area (Å²) in [5.74, 6) is 1.56. The molecule has 0 radical (unpaired) electrons. The maximum absolute atomic E-state index is 6.10. The van der Waals surface area contributed by atoms with Crippen LogP contribution in [0.5, 0.6) is 0 Å². The Hall–Kier alpha value is -1.84. The molecule has 1 fully saturated rings. The van der Waals surface area contributed by atoms with Gasteiger partial charge in [0.05, 0.1) is 0 Å². The van der Waals surface area contributed by atoms with E-state index in [1.807, 2.05) is 24.3 Å². The van der Waals surface area contributed by atoms with Gasteiger partial charge < -0.3 is 5.32 Å². The van der Waals surface area contributed by atoms with Crippen molar-refractivity contribution in [2.75, 3.05) is 13.1 Å². The number of hydrogen-bond donors (Lipinski definition) is 1. The van der Waals surface area contributed by atoms with Crippen molar-refractivity contribution in [3.8, 4) is 0 Å². The van der Waals surface area contributed by atoms with E-state index in [-0.39, 0.29) is 0 Å². The van der Waals surface area contributed by atoms with E-state index < -0.39 is 0 Å². The smallest absolute Gasteiger partial charge is 0.0406 e. The molecule has 0 bridgehead atoms. The first kappa shape index (κ1) is 24.3. The molecule has 1 N–H and O–H groups in total. The molecule has 4 heteroatoms. The van der Waals surface area contributed by atoms with Gasteiger partial charge >= 0.3 is 0 Å². The normalized spacial score (nSPS) is 18.5. The Morgan fingerprint density at radius 2 is 1.15 bits per heavy atom. The highest BCUT2D eigenvalue weighted by Crippen LogP contribution is 2.30. The van der Waals surface area contributed by atoms with Crippen LogP contribution in [0, 0.1) is 11.8 Å². The van der Waals surface area contributed by atoms with Gasteiger partial charge in [0, 0.05) is 36.2 Å². The molecule has 1 aliphatic carbocycles. The number of benzene rings is 3. The monoisotopic (exact) mass is 480 g/mol. The van der Waals surface area contributed by atoms with Crippen LogP contribution in [-0.2, 0) is 19.6 Å². The predicted molar refractivity (Wildman–Crippen MR) is 141 cm³/mol. The summed E-state index contributed by atoms with van der Waals surface area (Å²) in [5.41, 5.74) is 3.99. The molecule has 3 aromatic rings. The number of rotatable bonds is 10. The fourth-order valence-corrected chi connectivity index (χ4v) is 5.13. The molecule has 0 atom stereocenters. The molecular weight excluding hydrogens is 447 g/mol. The Morgan fingerprint density at radius 1 is 0.636 bits per heavy atom. The second-order valence-corrected chi connectivity index (χ2v) is 10.3. The summed E-state index contributed by atoms with van der Waals surface area (Å²) in [5, 5.41) is 5.26. The van der Waals surface area contributed by atoms with Gasteiger partial charge in [-0.25, -0.2) is 0 Å². The Bertz CT molecular complexity index is 902. The largest absolute Gasteiger partial charge is 0.312 e. The summed E-state index contributed by atoms with van der Waals surface area (Å²) in [6.45, 7) is 5.11. The van der Waals surface area contributed by atoms with Gasteiger partial charge in [0.15, 0.2) is 0 Å². The molecule has 2 nitrogen and oxygen atoms in total. The van der Waals surface area contributed by atoms with Crippen LogP contribution in [0.3, 0.4) is 0 Å². The highest BCUT2D eigenvalue weighted by molar-refractivity contribution is 6.30. The highest BCUT2D eigenvalue weighted by atomic mass is 35.5. The molecular formula is C29H34Cl2N2. The molecule has 0 heterocycles. The van der Waals surface area contributed by atoms with Crippen molar-refractivity contribution in [1.29, 1.82) is 0 Å². The first-order chi connectivity index (χ1) is 16.1.